The van der Waals surface area contributed by atoms with Gasteiger partial charge < -0.3 is 20.5 Å². The van der Waals surface area contributed by atoms with Gasteiger partial charge in [-0.15, -0.1) is 13.2 Å². The molecule has 0 spiro atoms. The summed E-state index contributed by atoms with van der Waals surface area (Å²) >= 11 is 0. The molecule has 3 N–H and O–H groups in total. The van der Waals surface area contributed by atoms with Crippen molar-refractivity contribution in [2.24, 2.45) is 0 Å². The van der Waals surface area contributed by atoms with Gasteiger partial charge in [-0.3, -0.25) is 4.79 Å². The predicted molar refractivity (Wildman–Crippen MR) is 141 cm³/mol. The third kappa shape index (κ3) is 6.60. The fraction of sp³-hybridized carbons (Fsp3) is 0.207. The van der Waals surface area contributed by atoms with Crippen molar-refractivity contribution in [3.8, 4) is 22.8 Å². The Morgan fingerprint density at radius 2 is 1.73 bits per heavy atom. The number of aromatic hydroxyl groups is 1. The van der Waals surface area contributed by atoms with E-state index in [1.807, 2.05) is 30.3 Å². The number of hydrogen-bond donors (Lipinski definition) is 3. The number of aromatic nitrogens is 2. The van der Waals surface area contributed by atoms with E-state index < -0.39 is 18.0 Å². The van der Waals surface area contributed by atoms with Crippen molar-refractivity contribution in [3.63, 3.8) is 0 Å². The van der Waals surface area contributed by atoms with Crippen LogP contribution in [0.15, 0.2) is 78.9 Å². The number of carbonyl (C=O) groups excluding carboxylic acids is 2. The van der Waals surface area contributed by atoms with E-state index in [-0.39, 0.29) is 28.9 Å². The molecule has 3 aromatic carbocycles. The van der Waals surface area contributed by atoms with E-state index in [0.717, 1.165) is 36.2 Å². The molecule has 1 heterocycles. The monoisotopic (exact) mass is 550 g/mol. The topological polar surface area (TPSA) is 105 Å². The molecule has 4 aromatic rings. The molecule has 0 bridgehead atoms. The highest BCUT2D eigenvalue weighted by Gasteiger charge is 2.32. The number of nitrogens with one attached hydrogen (secondary N) is 2. The summed E-state index contributed by atoms with van der Waals surface area (Å²) in [5.41, 5.74) is 3.03. The maximum Gasteiger partial charge on any atom is 0.573 e. The number of phenols is 1. The second-order valence-corrected chi connectivity index (χ2v) is 9.37. The van der Waals surface area contributed by atoms with Gasteiger partial charge in [0.05, 0.1) is 11.4 Å². The van der Waals surface area contributed by atoms with E-state index in [1.54, 1.807) is 18.2 Å². The van der Waals surface area contributed by atoms with Gasteiger partial charge >= 0.3 is 12.4 Å². The van der Waals surface area contributed by atoms with Gasteiger partial charge in [0, 0.05) is 35.3 Å². The van der Waals surface area contributed by atoms with Crippen molar-refractivity contribution in [2.45, 2.75) is 31.5 Å². The Hall–Kier alpha value is -4.80. The maximum absolute atomic E-state index is 12.9. The Kier molecular flexibility index (Phi) is 7.45. The summed E-state index contributed by atoms with van der Waals surface area (Å²) in [5, 5.41) is 20.7. The minimum absolute atomic E-state index is 0.101. The molecule has 1 fully saturated rings. The predicted octanol–water partition coefficient (Wildman–Crippen LogP) is 6.08. The first-order valence-corrected chi connectivity index (χ1v) is 12.6. The van der Waals surface area contributed by atoms with Crippen LogP contribution in [0.2, 0.25) is 0 Å². The first kappa shape index (κ1) is 26.8. The van der Waals surface area contributed by atoms with Crippen LogP contribution in [0.3, 0.4) is 0 Å². The van der Waals surface area contributed by atoms with Crippen LogP contribution in [-0.4, -0.2) is 39.7 Å². The Labute approximate surface area is 227 Å². The van der Waals surface area contributed by atoms with E-state index >= 15 is 0 Å². The lowest BCUT2D eigenvalue weighted by atomic mass is 10.1. The normalized spacial score (nSPS) is 13.1. The minimum Gasteiger partial charge on any atom is -0.507 e. The van der Waals surface area contributed by atoms with Gasteiger partial charge in [0.2, 0.25) is 0 Å². The summed E-state index contributed by atoms with van der Waals surface area (Å²) in [4.78, 5) is 25.5. The fourth-order valence-corrected chi connectivity index (χ4v) is 4.23. The summed E-state index contributed by atoms with van der Waals surface area (Å²) in [6, 6.07) is 20.2. The van der Waals surface area contributed by atoms with Crippen LogP contribution in [0.1, 0.15) is 40.4 Å². The lowest BCUT2D eigenvalue weighted by molar-refractivity contribution is -0.274. The Balaban J connectivity index is 1.26. The maximum atomic E-state index is 12.9. The zero-order chi connectivity index (χ0) is 28.3. The van der Waals surface area contributed by atoms with Gasteiger partial charge in [-0.2, -0.15) is 9.78 Å². The first-order chi connectivity index (χ1) is 19.2. The van der Waals surface area contributed by atoms with Crippen LogP contribution in [-0.2, 0) is 6.42 Å². The van der Waals surface area contributed by atoms with E-state index in [0.29, 0.717) is 24.2 Å². The van der Waals surface area contributed by atoms with Gasteiger partial charge in [0.15, 0.2) is 0 Å². The Bertz CT molecular complexity index is 1510. The molecule has 0 saturated heterocycles. The van der Waals surface area contributed by atoms with E-state index in [1.165, 1.54) is 22.9 Å². The summed E-state index contributed by atoms with van der Waals surface area (Å²) in [5.74, 6) is -0.975. The second kappa shape index (κ2) is 11.1. The molecule has 1 aliphatic carbocycles. The molecule has 0 atom stereocenters. The lowest BCUT2D eigenvalue weighted by Crippen LogP contribution is -2.32. The molecule has 2 amide bonds. The molecule has 1 saturated carbocycles. The number of phenolic OH excluding ortho intramolecular Hbond substituents is 1. The van der Waals surface area contributed by atoms with E-state index in [4.69, 9.17) is 0 Å². The molecule has 0 aliphatic heterocycles. The number of alkyl halides is 3. The van der Waals surface area contributed by atoms with Crippen LogP contribution in [0.4, 0.5) is 23.7 Å². The van der Waals surface area contributed by atoms with Crippen LogP contribution in [0.5, 0.6) is 11.5 Å². The molecule has 1 aromatic heterocycles. The average Bonchev–Trinajstić information content (AvgIpc) is 3.67. The quantitative estimate of drug-likeness (QED) is 0.247. The number of hydrogen-bond acceptors (Lipinski definition) is 5. The van der Waals surface area contributed by atoms with Gasteiger partial charge in [-0.25, -0.2) is 4.79 Å². The van der Waals surface area contributed by atoms with Crippen molar-refractivity contribution in [1.29, 1.82) is 0 Å². The zero-order valence-electron chi connectivity index (χ0n) is 21.1. The number of amides is 2. The van der Waals surface area contributed by atoms with Gasteiger partial charge in [0.1, 0.15) is 11.5 Å². The molecule has 5 rings (SSSR count). The van der Waals surface area contributed by atoms with Crippen LogP contribution >= 0.6 is 0 Å². The van der Waals surface area contributed by atoms with Gasteiger partial charge in [0.25, 0.3) is 5.91 Å². The van der Waals surface area contributed by atoms with Crippen LogP contribution in [0.25, 0.3) is 11.3 Å². The summed E-state index contributed by atoms with van der Waals surface area (Å²) < 4.78 is 42.2. The Morgan fingerprint density at radius 3 is 2.38 bits per heavy atom. The summed E-state index contributed by atoms with van der Waals surface area (Å²) in [6.45, 7) is 0.444. The molecular formula is C29H25F3N4O4. The van der Waals surface area contributed by atoms with Gasteiger partial charge in [-0.05, 0) is 67.3 Å². The molecule has 0 radical (unpaired) electrons. The van der Waals surface area contributed by atoms with Crippen molar-refractivity contribution in [1.82, 2.24) is 15.1 Å². The highest BCUT2D eigenvalue weighted by atomic mass is 19.4. The molecular weight excluding hydrogens is 525 g/mol. The fourth-order valence-electron chi connectivity index (χ4n) is 4.23. The number of rotatable bonds is 8. The molecule has 8 nitrogen and oxygen atoms in total. The highest BCUT2D eigenvalue weighted by Crippen LogP contribution is 2.42. The Morgan fingerprint density at radius 1 is 1.00 bits per heavy atom. The number of halogens is 3. The lowest BCUT2D eigenvalue weighted by Gasteiger charge is -2.10. The van der Waals surface area contributed by atoms with Gasteiger partial charge in [-0.1, -0.05) is 30.3 Å². The molecule has 1 aliphatic rings. The number of anilines is 1. The number of carbonyl (C=O) groups is 2. The first-order valence-electron chi connectivity index (χ1n) is 12.6. The smallest absolute Gasteiger partial charge is 0.507 e. The average molecular weight is 551 g/mol. The minimum atomic E-state index is -4.83. The van der Waals surface area contributed by atoms with Crippen molar-refractivity contribution < 1.29 is 32.6 Å². The van der Waals surface area contributed by atoms with Crippen LogP contribution in [0, 0.1) is 0 Å². The largest absolute Gasteiger partial charge is 0.573 e. The number of ether oxygens (including phenoxy) is 1. The number of nitrogens with zero attached hydrogens (tertiary/aromatic N) is 2. The molecule has 11 heteroatoms. The molecule has 0 unspecified atom stereocenters. The zero-order valence-corrected chi connectivity index (χ0v) is 21.1. The standard InChI is InChI=1S/C29H25F3N4O4/c30-29(31,32)40-22-11-8-20(9-12-22)27(38)34-21-10-13-23(26(37)16-21)24-17-25(19-6-7-19)36(35-24)28(39)33-15-14-18-4-2-1-3-5-18/h1-5,8-13,16-17,19,37H,6-7,14-15H2,(H,33,39)(H,34,38). The van der Waals surface area contributed by atoms with E-state index in [9.17, 15) is 27.9 Å². The SMILES string of the molecule is O=C(Nc1ccc(-c2cc(C3CC3)n(C(=O)NCCc3ccccc3)n2)c(O)c1)c1ccc(OC(F)(F)F)cc1. The van der Waals surface area contributed by atoms with Crippen molar-refractivity contribution in [2.75, 3.05) is 11.9 Å². The van der Waals surface area contributed by atoms with Crippen molar-refractivity contribution >= 4 is 17.6 Å². The highest BCUT2D eigenvalue weighted by molar-refractivity contribution is 6.04. The number of benzene rings is 3. The summed E-state index contributed by atoms with van der Waals surface area (Å²) in [7, 11) is 0. The third-order valence-electron chi connectivity index (χ3n) is 6.34. The van der Waals surface area contributed by atoms with Crippen LogP contribution < -0.4 is 15.4 Å². The van der Waals surface area contributed by atoms with Crippen molar-refractivity contribution in [3.05, 3.63) is 95.7 Å². The summed E-state index contributed by atoms with van der Waals surface area (Å²) in [6.07, 6.45) is -2.26. The molecule has 206 valence electrons. The van der Waals surface area contributed by atoms with E-state index in [2.05, 4.69) is 20.5 Å². The molecule has 40 heavy (non-hydrogen) atoms. The third-order valence-corrected chi connectivity index (χ3v) is 6.34. The second-order valence-electron chi connectivity index (χ2n) is 9.37.